The Morgan fingerprint density at radius 2 is 1.88 bits per heavy atom. The van der Waals surface area contributed by atoms with Crippen molar-refractivity contribution in [2.75, 3.05) is 5.73 Å². The maximum atomic E-state index is 13.4. The molecule has 6 nitrogen and oxygen atoms in total. The summed E-state index contributed by atoms with van der Waals surface area (Å²) < 4.78 is 3.81. The average Bonchev–Trinajstić information content (AvgIpc) is 3.44. The second-order valence-corrected chi connectivity index (χ2v) is 9.08. The summed E-state index contributed by atoms with van der Waals surface area (Å²) in [6, 6.07) is 19.9. The zero-order valence-corrected chi connectivity index (χ0v) is 18.5. The maximum Gasteiger partial charge on any atom is 0.262 e. The zero-order chi connectivity index (χ0) is 22.5. The van der Waals surface area contributed by atoms with E-state index in [4.69, 9.17) is 10.8 Å². The molecule has 33 heavy (non-hydrogen) atoms. The third-order valence-corrected chi connectivity index (χ3v) is 6.88. The second kappa shape index (κ2) is 7.59. The normalized spacial score (nSPS) is 18.3. The van der Waals surface area contributed by atoms with Gasteiger partial charge < -0.3 is 5.73 Å². The van der Waals surface area contributed by atoms with Gasteiger partial charge in [0.1, 0.15) is 11.5 Å². The van der Waals surface area contributed by atoms with Crippen LogP contribution in [0.25, 0.3) is 38.6 Å². The highest BCUT2D eigenvalue weighted by Gasteiger charge is 2.27. The van der Waals surface area contributed by atoms with Crippen LogP contribution in [0.4, 0.5) is 5.82 Å². The number of aromatic nitrogens is 4. The fourth-order valence-corrected chi connectivity index (χ4v) is 5.17. The van der Waals surface area contributed by atoms with Crippen molar-refractivity contribution in [2.45, 2.75) is 32.2 Å². The van der Waals surface area contributed by atoms with Gasteiger partial charge in [-0.05, 0) is 60.9 Å². The van der Waals surface area contributed by atoms with Crippen molar-refractivity contribution in [1.29, 1.82) is 0 Å². The molecule has 164 valence electrons. The van der Waals surface area contributed by atoms with Crippen molar-refractivity contribution >= 4 is 27.5 Å². The van der Waals surface area contributed by atoms with Crippen molar-refractivity contribution in [1.82, 2.24) is 19.3 Å². The summed E-state index contributed by atoms with van der Waals surface area (Å²) in [4.78, 5) is 17.7. The van der Waals surface area contributed by atoms with Crippen LogP contribution in [0.2, 0.25) is 0 Å². The van der Waals surface area contributed by atoms with Crippen molar-refractivity contribution in [2.24, 2.45) is 5.92 Å². The Morgan fingerprint density at radius 1 is 1.03 bits per heavy atom. The lowest BCUT2D eigenvalue weighted by Crippen LogP contribution is -2.17. The van der Waals surface area contributed by atoms with Crippen LogP contribution < -0.4 is 11.3 Å². The molecule has 2 N–H and O–H groups in total. The Kier molecular flexibility index (Phi) is 4.54. The number of nitrogens with two attached hydrogens (primary N) is 1. The van der Waals surface area contributed by atoms with E-state index in [2.05, 4.69) is 16.6 Å². The summed E-state index contributed by atoms with van der Waals surface area (Å²) in [7, 11) is 0. The van der Waals surface area contributed by atoms with E-state index in [1.807, 2.05) is 66.9 Å². The van der Waals surface area contributed by atoms with Gasteiger partial charge in [-0.3, -0.25) is 14.0 Å². The largest absolute Gasteiger partial charge is 0.383 e. The molecule has 1 aliphatic carbocycles. The van der Waals surface area contributed by atoms with Crippen LogP contribution in [0.1, 0.15) is 32.2 Å². The van der Waals surface area contributed by atoms with Crippen LogP contribution in [0, 0.1) is 5.92 Å². The lowest BCUT2D eigenvalue weighted by molar-refractivity contribution is 0.464. The van der Waals surface area contributed by atoms with E-state index in [-0.39, 0.29) is 5.56 Å². The number of nitrogens with zero attached hydrogens (tertiary/aromatic N) is 4. The van der Waals surface area contributed by atoms with Crippen molar-refractivity contribution in [3.05, 3.63) is 83.4 Å². The third-order valence-electron chi connectivity index (χ3n) is 6.88. The molecule has 0 radical (unpaired) electrons. The number of hydrogen-bond acceptors (Lipinski definition) is 4. The van der Waals surface area contributed by atoms with Gasteiger partial charge in [-0.25, -0.2) is 4.98 Å². The summed E-state index contributed by atoms with van der Waals surface area (Å²) >= 11 is 0. The zero-order valence-electron chi connectivity index (χ0n) is 18.5. The number of hydrogen-bond donors (Lipinski definition) is 1. The highest BCUT2D eigenvalue weighted by atomic mass is 16.1. The first-order chi connectivity index (χ1) is 16.1. The lowest BCUT2D eigenvalue weighted by Gasteiger charge is -2.11. The van der Waals surface area contributed by atoms with Crippen molar-refractivity contribution < 1.29 is 0 Å². The third kappa shape index (κ3) is 3.21. The van der Waals surface area contributed by atoms with Crippen LogP contribution in [0.3, 0.4) is 0 Å². The standard InChI is InChI=1S/C27H25N5O/c1-17-7-10-21(15-17)32-23-11-13-29-26(28)24(23)25(30-32)19-9-8-18-12-14-31(27(33)22(18)16-19)20-5-3-2-4-6-20/h2-6,8-9,11-14,16-17,21H,7,10,15H2,1H3,(H2,28,29)/t17-,21+/m1/s1. The first-order valence-electron chi connectivity index (χ1n) is 11.4. The molecule has 1 aliphatic rings. The highest BCUT2D eigenvalue weighted by molar-refractivity contribution is 6.01. The number of pyridine rings is 2. The molecule has 1 saturated carbocycles. The minimum atomic E-state index is -0.0556. The molecule has 6 rings (SSSR count). The highest BCUT2D eigenvalue weighted by Crippen LogP contribution is 2.39. The quantitative estimate of drug-likeness (QED) is 0.415. The lowest BCUT2D eigenvalue weighted by atomic mass is 10.0. The van der Waals surface area contributed by atoms with Gasteiger partial charge in [0.05, 0.1) is 16.9 Å². The molecule has 5 aromatic rings. The molecule has 0 spiro atoms. The molecule has 2 atom stereocenters. The fraction of sp³-hybridized carbons (Fsp3) is 0.222. The first kappa shape index (κ1) is 19.7. The Hall–Kier alpha value is -3.93. The van der Waals surface area contributed by atoms with E-state index in [0.29, 0.717) is 23.2 Å². The minimum absolute atomic E-state index is 0.0556. The SMILES string of the molecule is C[C@@H]1CC[C@H](n2nc(-c3ccc4ccn(-c5ccccc5)c(=O)c4c3)c3c(N)nccc32)C1. The molecule has 0 bridgehead atoms. The monoisotopic (exact) mass is 435 g/mol. The van der Waals surface area contributed by atoms with Gasteiger partial charge >= 0.3 is 0 Å². The Bertz CT molecular complexity index is 1550. The summed E-state index contributed by atoms with van der Waals surface area (Å²) in [6.45, 7) is 2.30. The summed E-state index contributed by atoms with van der Waals surface area (Å²) in [5.74, 6) is 1.16. The van der Waals surface area contributed by atoms with E-state index in [0.717, 1.165) is 46.1 Å². The van der Waals surface area contributed by atoms with Gasteiger partial charge in [-0.2, -0.15) is 5.10 Å². The number of anilines is 1. The van der Waals surface area contributed by atoms with Gasteiger partial charge in [-0.1, -0.05) is 37.3 Å². The molecular formula is C27H25N5O. The van der Waals surface area contributed by atoms with Gasteiger partial charge in [0.25, 0.3) is 5.56 Å². The predicted molar refractivity (Wildman–Crippen MR) is 133 cm³/mol. The predicted octanol–water partition coefficient (Wildman–Crippen LogP) is 5.35. The molecule has 2 aromatic carbocycles. The molecule has 0 unspecified atom stereocenters. The molecule has 1 fully saturated rings. The topological polar surface area (TPSA) is 78.7 Å². The molecule has 3 aromatic heterocycles. The van der Waals surface area contributed by atoms with Crippen molar-refractivity contribution in [3.63, 3.8) is 0 Å². The van der Waals surface area contributed by atoms with Crippen molar-refractivity contribution in [3.8, 4) is 16.9 Å². The summed E-state index contributed by atoms with van der Waals surface area (Å²) in [5.41, 5.74) is 9.80. The van der Waals surface area contributed by atoms with E-state index in [1.165, 1.54) is 6.42 Å². The molecule has 6 heteroatoms. The van der Waals surface area contributed by atoms with Gasteiger partial charge in [0.15, 0.2) is 0 Å². The first-order valence-corrected chi connectivity index (χ1v) is 11.4. The smallest absolute Gasteiger partial charge is 0.262 e. The minimum Gasteiger partial charge on any atom is -0.383 e. The summed E-state index contributed by atoms with van der Waals surface area (Å²) in [6.07, 6.45) is 7.00. The Labute approximate surface area is 191 Å². The fourth-order valence-electron chi connectivity index (χ4n) is 5.17. The van der Waals surface area contributed by atoms with Gasteiger partial charge in [-0.15, -0.1) is 0 Å². The molecular weight excluding hydrogens is 410 g/mol. The van der Waals surface area contributed by atoms with Crippen LogP contribution in [0.15, 0.2) is 77.9 Å². The van der Waals surface area contributed by atoms with Crippen LogP contribution in [0.5, 0.6) is 0 Å². The number of benzene rings is 2. The average molecular weight is 436 g/mol. The van der Waals surface area contributed by atoms with Gasteiger partial charge in [0, 0.05) is 29.0 Å². The number of fused-ring (bicyclic) bond motifs is 2. The van der Waals surface area contributed by atoms with Crippen LogP contribution in [-0.4, -0.2) is 19.3 Å². The van der Waals surface area contributed by atoms with E-state index in [1.54, 1.807) is 10.8 Å². The number of para-hydroxylation sites is 1. The Balaban J connectivity index is 1.56. The van der Waals surface area contributed by atoms with E-state index < -0.39 is 0 Å². The molecule has 3 heterocycles. The molecule has 0 aliphatic heterocycles. The molecule has 0 saturated heterocycles. The van der Waals surface area contributed by atoms with Gasteiger partial charge in [0.2, 0.25) is 0 Å². The maximum absolute atomic E-state index is 13.4. The van der Waals surface area contributed by atoms with E-state index >= 15 is 0 Å². The Morgan fingerprint density at radius 3 is 2.67 bits per heavy atom. The van der Waals surface area contributed by atoms with E-state index in [9.17, 15) is 4.79 Å². The second-order valence-electron chi connectivity index (χ2n) is 9.08. The number of rotatable bonds is 3. The molecule has 0 amide bonds. The van der Waals surface area contributed by atoms with Crippen LogP contribution >= 0.6 is 0 Å². The number of nitrogen functional groups attached to an aromatic ring is 1. The van der Waals surface area contributed by atoms with Crippen LogP contribution in [-0.2, 0) is 0 Å². The summed E-state index contributed by atoms with van der Waals surface area (Å²) in [5, 5.41) is 7.45.